The fourth-order valence-corrected chi connectivity index (χ4v) is 2.97. The van der Waals surface area contributed by atoms with Gasteiger partial charge in [0.25, 0.3) is 5.91 Å². The zero-order valence-electron chi connectivity index (χ0n) is 14.3. The molecular formula is C16H29ClN4O. The van der Waals surface area contributed by atoms with Crippen molar-refractivity contribution >= 4 is 18.3 Å². The number of rotatable bonds is 3. The van der Waals surface area contributed by atoms with Crippen LogP contribution < -0.4 is 10.6 Å². The molecule has 0 aliphatic carbocycles. The van der Waals surface area contributed by atoms with E-state index in [1.165, 1.54) is 0 Å². The standard InChI is InChI=1S/C16H28N4O.ClH/c1-6-14-12(10-18-20(14)16(3,4)5)15(21)19-13-8-7-9-17-11(13)2;/h10-11,13,17H,6-9H2,1-5H3,(H,19,21);1H. The highest BCUT2D eigenvalue weighted by Gasteiger charge is 2.27. The first-order valence-corrected chi connectivity index (χ1v) is 7.96. The van der Waals surface area contributed by atoms with E-state index >= 15 is 0 Å². The third-order valence-electron chi connectivity index (χ3n) is 4.16. The summed E-state index contributed by atoms with van der Waals surface area (Å²) < 4.78 is 1.96. The predicted molar refractivity (Wildman–Crippen MR) is 91.8 cm³/mol. The highest BCUT2D eigenvalue weighted by Crippen LogP contribution is 2.20. The minimum Gasteiger partial charge on any atom is -0.348 e. The molecule has 6 heteroatoms. The molecule has 22 heavy (non-hydrogen) atoms. The first kappa shape index (κ1) is 19.0. The van der Waals surface area contributed by atoms with E-state index in [0.29, 0.717) is 11.6 Å². The molecular weight excluding hydrogens is 300 g/mol. The second kappa shape index (κ2) is 7.47. The number of hydrogen-bond acceptors (Lipinski definition) is 3. The van der Waals surface area contributed by atoms with E-state index in [-0.39, 0.29) is 29.9 Å². The van der Waals surface area contributed by atoms with Crippen molar-refractivity contribution in [1.29, 1.82) is 0 Å². The van der Waals surface area contributed by atoms with Gasteiger partial charge in [0, 0.05) is 12.1 Å². The third kappa shape index (κ3) is 4.02. The van der Waals surface area contributed by atoms with E-state index in [4.69, 9.17) is 0 Å². The van der Waals surface area contributed by atoms with Gasteiger partial charge in [-0.05, 0) is 53.5 Å². The first-order chi connectivity index (χ1) is 9.84. The number of aromatic nitrogens is 2. The summed E-state index contributed by atoms with van der Waals surface area (Å²) in [6, 6.07) is 0.527. The number of halogens is 1. The maximum absolute atomic E-state index is 12.6. The van der Waals surface area contributed by atoms with Crippen LogP contribution in [0.5, 0.6) is 0 Å². The van der Waals surface area contributed by atoms with E-state index in [0.717, 1.165) is 31.5 Å². The molecule has 2 heterocycles. The number of amides is 1. The minimum absolute atomic E-state index is 0. The van der Waals surface area contributed by atoms with E-state index in [1.807, 2.05) is 4.68 Å². The van der Waals surface area contributed by atoms with E-state index in [2.05, 4.69) is 50.4 Å². The molecule has 0 spiro atoms. The van der Waals surface area contributed by atoms with Crippen LogP contribution in [0.1, 0.15) is 63.5 Å². The van der Waals surface area contributed by atoms with Gasteiger partial charge in [0.2, 0.25) is 0 Å². The molecule has 2 unspecified atom stereocenters. The fraction of sp³-hybridized carbons (Fsp3) is 0.750. The van der Waals surface area contributed by atoms with Gasteiger partial charge in [0.1, 0.15) is 0 Å². The number of piperidine rings is 1. The molecule has 0 bridgehead atoms. The topological polar surface area (TPSA) is 59.0 Å². The Hall–Kier alpha value is -1.07. The Morgan fingerprint density at radius 2 is 2.18 bits per heavy atom. The number of carbonyl (C=O) groups excluding carboxylic acids is 1. The van der Waals surface area contributed by atoms with Crippen molar-refractivity contribution in [3.63, 3.8) is 0 Å². The highest BCUT2D eigenvalue weighted by molar-refractivity contribution is 5.95. The molecule has 1 fully saturated rings. The molecule has 2 N–H and O–H groups in total. The maximum atomic E-state index is 12.6. The molecule has 1 saturated heterocycles. The number of nitrogens with one attached hydrogen (secondary N) is 2. The summed E-state index contributed by atoms with van der Waals surface area (Å²) in [6.45, 7) is 11.6. The van der Waals surface area contributed by atoms with Gasteiger partial charge in [-0.1, -0.05) is 6.92 Å². The lowest BCUT2D eigenvalue weighted by molar-refractivity contribution is 0.0918. The van der Waals surface area contributed by atoms with Crippen molar-refractivity contribution in [2.45, 2.75) is 71.5 Å². The van der Waals surface area contributed by atoms with Crippen LogP contribution >= 0.6 is 12.4 Å². The van der Waals surface area contributed by atoms with Crippen molar-refractivity contribution in [1.82, 2.24) is 20.4 Å². The summed E-state index contributed by atoms with van der Waals surface area (Å²) in [6.07, 6.45) is 4.66. The molecule has 1 aromatic rings. The Bertz CT molecular complexity index is 507. The van der Waals surface area contributed by atoms with Crippen LogP contribution in [0.25, 0.3) is 0 Å². The van der Waals surface area contributed by atoms with Gasteiger partial charge in [0.05, 0.1) is 23.0 Å². The molecule has 2 rings (SSSR count). The van der Waals surface area contributed by atoms with E-state index < -0.39 is 0 Å². The van der Waals surface area contributed by atoms with Crippen LogP contribution in [0.3, 0.4) is 0 Å². The predicted octanol–water partition coefficient (Wildman–Crippen LogP) is 2.49. The minimum atomic E-state index is -0.108. The lowest BCUT2D eigenvalue weighted by Gasteiger charge is -2.30. The van der Waals surface area contributed by atoms with Gasteiger partial charge in [-0.25, -0.2) is 0 Å². The Morgan fingerprint density at radius 1 is 1.50 bits per heavy atom. The van der Waals surface area contributed by atoms with Crippen molar-refractivity contribution in [3.8, 4) is 0 Å². The Labute approximate surface area is 139 Å². The number of hydrogen-bond donors (Lipinski definition) is 2. The molecule has 1 amide bonds. The molecule has 0 saturated carbocycles. The monoisotopic (exact) mass is 328 g/mol. The fourth-order valence-electron chi connectivity index (χ4n) is 2.97. The molecule has 1 aromatic heterocycles. The number of nitrogens with zero attached hydrogens (tertiary/aromatic N) is 2. The summed E-state index contributed by atoms with van der Waals surface area (Å²) in [5.41, 5.74) is 1.62. The van der Waals surface area contributed by atoms with E-state index in [9.17, 15) is 4.79 Å². The normalized spacial score (nSPS) is 22.0. The van der Waals surface area contributed by atoms with Gasteiger partial charge < -0.3 is 10.6 Å². The summed E-state index contributed by atoms with van der Waals surface area (Å²) in [4.78, 5) is 12.6. The van der Waals surface area contributed by atoms with Crippen molar-refractivity contribution in [3.05, 3.63) is 17.5 Å². The Morgan fingerprint density at radius 3 is 2.73 bits per heavy atom. The highest BCUT2D eigenvalue weighted by atomic mass is 35.5. The van der Waals surface area contributed by atoms with Crippen LogP contribution in [0.15, 0.2) is 6.20 Å². The molecule has 5 nitrogen and oxygen atoms in total. The SMILES string of the molecule is CCc1c(C(=O)NC2CCCNC2C)cnn1C(C)(C)C.Cl. The summed E-state index contributed by atoms with van der Waals surface area (Å²) >= 11 is 0. The van der Waals surface area contributed by atoms with Crippen LogP contribution in [0.4, 0.5) is 0 Å². The van der Waals surface area contributed by atoms with E-state index in [1.54, 1.807) is 6.20 Å². The van der Waals surface area contributed by atoms with Crippen LogP contribution in [0, 0.1) is 0 Å². The van der Waals surface area contributed by atoms with Crippen LogP contribution in [-0.2, 0) is 12.0 Å². The molecule has 1 aliphatic heterocycles. The van der Waals surface area contributed by atoms with Crippen molar-refractivity contribution in [2.24, 2.45) is 0 Å². The molecule has 126 valence electrons. The molecule has 1 aliphatic rings. The second-order valence-corrected chi connectivity index (χ2v) is 6.91. The third-order valence-corrected chi connectivity index (χ3v) is 4.16. The van der Waals surface area contributed by atoms with Gasteiger partial charge in [-0.2, -0.15) is 5.10 Å². The zero-order valence-corrected chi connectivity index (χ0v) is 15.1. The summed E-state index contributed by atoms with van der Waals surface area (Å²) in [5.74, 6) is 0.00269. The second-order valence-electron chi connectivity index (χ2n) is 6.91. The van der Waals surface area contributed by atoms with Crippen LogP contribution in [-0.4, -0.2) is 34.3 Å². The summed E-state index contributed by atoms with van der Waals surface area (Å²) in [7, 11) is 0. The Balaban J connectivity index is 0.00000242. The zero-order chi connectivity index (χ0) is 15.6. The van der Waals surface area contributed by atoms with Crippen molar-refractivity contribution in [2.75, 3.05) is 6.54 Å². The quantitative estimate of drug-likeness (QED) is 0.896. The molecule has 0 radical (unpaired) electrons. The smallest absolute Gasteiger partial charge is 0.255 e. The van der Waals surface area contributed by atoms with Gasteiger partial charge >= 0.3 is 0 Å². The largest absolute Gasteiger partial charge is 0.348 e. The van der Waals surface area contributed by atoms with Crippen molar-refractivity contribution < 1.29 is 4.79 Å². The summed E-state index contributed by atoms with van der Waals surface area (Å²) in [5, 5.41) is 11.0. The van der Waals surface area contributed by atoms with Crippen LogP contribution in [0.2, 0.25) is 0 Å². The lowest BCUT2D eigenvalue weighted by atomic mass is 9.99. The first-order valence-electron chi connectivity index (χ1n) is 7.96. The number of carbonyl (C=O) groups is 1. The van der Waals surface area contributed by atoms with Gasteiger partial charge in [-0.3, -0.25) is 9.48 Å². The Kier molecular flexibility index (Phi) is 6.44. The van der Waals surface area contributed by atoms with Gasteiger partial charge in [-0.15, -0.1) is 12.4 Å². The average Bonchev–Trinajstić information content (AvgIpc) is 2.85. The lowest BCUT2D eigenvalue weighted by Crippen LogP contribution is -2.52. The maximum Gasteiger partial charge on any atom is 0.255 e. The molecule has 2 atom stereocenters. The van der Waals surface area contributed by atoms with Gasteiger partial charge in [0.15, 0.2) is 0 Å². The molecule has 0 aromatic carbocycles. The average molecular weight is 329 g/mol.